The minimum atomic E-state index is 0.113. The Morgan fingerprint density at radius 3 is 2.83 bits per heavy atom. The Morgan fingerprint density at radius 2 is 2.22 bits per heavy atom. The van der Waals surface area contributed by atoms with Crippen LogP contribution >= 0.6 is 11.3 Å². The molecule has 0 saturated heterocycles. The third-order valence-corrected chi connectivity index (χ3v) is 3.95. The Balaban J connectivity index is 2.32. The lowest BCUT2D eigenvalue weighted by Gasteiger charge is -2.08. The molecule has 0 unspecified atom stereocenters. The lowest BCUT2D eigenvalue weighted by Crippen LogP contribution is -2.08. The third kappa shape index (κ3) is 2.40. The van der Waals surface area contributed by atoms with E-state index < -0.39 is 0 Å². The maximum atomic E-state index is 12.3. The van der Waals surface area contributed by atoms with Crippen LogP contribution in [0.3, 0.4) is 0 Å². The second-order valence-corrected chi connectivity index (χ2v) is 5.18. The lowest BCUT2D eigenvalue weighted by molar-refractivity contribution is 0.104. The number of hydrogen-bond donors (Lipinski definition) is 0. The van der Waals surface area contributed by atoms with Crippen LogP contribution in [0.1, 0.15) is 26.6 Å². The zero-order chi connectivity index (χ0) is 13.1. The van der Waals surface area contributed by atoms with Crippen molar-refractivity contribution >= 4 is 17.1 Å². The monoisotopic (exact) mass is 263 g/mol. The highest BCUT2D eigenvalue weighted by Crippen LogP contribution is 2.21. The molecule has 96 valence electrons. The molecule has 0 bridgehead atoms. The zero-order valence-electron chi connectivity index (χ0n) is 10.9. The topological polar surface area (TPSA) is 31.2 Å². The Labute approximate surface area is 111 Å². The smallest absolute Gasteiger partial charge is 0.204 e. The summed E-state index contributed by atoms with van der Waals surface area (Å²) in [6, 6.07) is 5.74. The molecule has 2 heterocycles. The molecular weight excluding hydrogens is 246 g/mol. The quantitative estimate of drug-likeness (QED) is 0.776. The summed E-state index contributed by atoms with van der Waals surface area (Å²) in [7, 11) is 1.69. The van der Waals surface area contributed by atoms with Crippen LogP contribution in [0.25, 0.3) is 0 Å². The van der Waals surface area contributed by atoms with Gasteiger partial charge in [-0.3, -0.25) is 4.79 Å². The minimum Gasteiger partial charge on any atom is -0.383 e. The van der Waals surface area contributed by atoms with Crippen LogP contribution in [0, 0.1) is 13.8 Å². The highest BCUT2D eigenvalue weighted by molar-refractivity contribution is 7.12. The lowest BCUT2D eigenvalue weighted by atomic mass is 10.1. The predicted octanol–water partition coefficient (Wildman–Crippen LogP) is 3.04. The predicted molar refractivity (Wildman–Crippen MR) is 73.5 cm³/mol. The van der Waals surface area contributed by atoms with Crippen LogP contribution in [0.5, 0.6) is 0 Å². The summed E-state index contributed by atoms with van der Waals surface area (Å²) in [6.07, 6.45) is 0. The van der Waals surface area contributed by atoms with Crippen LogP contribution < -0.4 is 0 Å². The first kappa shape index (κ1) is 13.1. The number of nitrogens with zero attached hydrogens (tertiary/aromatic N) is 1. The van der Waals surface area contributed by atoms with Crippen molar-refractivity contribution in [1.29, 1.82) is 0 Å². The second-order valence-electron chi connectivity index (χ2n) is 4.24. The van der Waals surface area contributed by atoms with Crippen LogP contribution in [0.15, 0.2) is 23.6 Å². The van der Waals surface area contributed by atoms with E-state index in [0.717, 1.165) is 28.4 Å². The van der Waals surface area contributed by atoms with E-state index in [0.29, 0.717) is 6.61 Å². The summed E-state index contributed by atoms with van der Waals surface area (Å²) >= 11 is 1.48. The van der Waals surface area contributed by atoms with Gasteiger partial charge in [-0.05, 0) is 31.4 Å². The zero-order valence-corrected chi connectivity index (χ0v) is 11.7. The standard InChI is InChI=1S/C14H17NO2S/c1-10-9-12(11(2)15(10)6-7-17-3)14(16)13-5-4-8-18-13/h4-5,8-9H,6-7H2,1-3H3. The van der Waals surface area contributed by atoms with Crippen molar-refractivity contribution in [1.82, 2.24) is 4.57 Å². The first-order valence-corrected chi connectivity index (χ1v) is 6.77. The van der Waals surface area contributed by atoms with E-state index in [-0.39, 0.29) is 5.78 Å². The van der Waals surface area contributed by atoms with Gasteiger partial charge in [-0.1, -0.05) is 6.07 Å². The molecule has 0 aliphatic rings. The summed E-state index contributed by atoms with van der Waals surface area (Å²) in [5.41, 5.74) is 2.92. The first-order valence-electron chi connectivity index (χ1n) is 5.89. The molecule has 0 N–H and O–H groups in total. The van der Waals surface area contributed by atoms with Gasteiger partial charge in [0.1, 0.15) is 0 Å². The average Bonchev–Trinajstić information content (AvgIpc) is 2.96. The molecule has 0 fully saturated rings. The van der Waals surface area contributed by atoms with Gasteiger partial charge in [-0.25, -0.2) is 0 Å². The van der Waals surface area contributed by atoms with E-state index in [1.165, 1.54) is 11.3 Å². The largest absolute Gasteiger partial charge is 0.383 e. The molecule has 2 rings (SSSR count). The maximum Gasteiger partial charge on any atom is 0.204 e. The minimum absolute atomic E-state index is 0.113. The molecule has 0 aliphatic carbocycles. The molecule has 4 heteroatoms. The third-order valence-electron chi connectivity index (χ3n) is 3.08. The number of thiophene rings is 1. The van der Waals surface area contributed by atoms with Crippen LogP contribution in [0.4, 0.5) is 0 Å². The molecular formula is C14H17NO2S. The van der Waals surface area contributed by atoms with Crippen LogP contribution in [0.2, 0.25) is 0 Å². The number of ether oxygens (including phenoxy) is 1. The molecule has 0 atom stereocenters. The van der Waals surface area contributed by atoms with E-state index in [1.807, 2.05) is 37.4 Å². The number of aromatic nitrogens is 1. The van der Waals surface area contributed by atoms with Crippen molar-refractivity contribution in [2.75, 3.05) is 13.7 Å². The number of carbonyl (C=O) groups is 1. The maximum absolute atomic E-state index is 12.3. The number of methoxy groups -OCH3 is 1. The molecule has 0 spiro atoms. The molecule has 0 aliphatic heterocycles. The number of carbonyl (C=O) groups excluding carboxylic acids is 1. The molecule has 3 nitrogen and oxygen atoms in total. The van der Waals surface area contributed by atoms with Gasteiger partial charge in [0.05, 0.1) is 11.5 Å². The molecule has 2 aromatic heterocycles. The second kappa shape index (κ2) is 5.50. The number of aryl methyl sites for hydroxylation is 1. The molecule has 0 amide bonds. The summed E-state index contributed by atoms with van der Waals surface area (Å²) in [4.78, 5) is 13.1. The molecule has 2 aromatic rings. The van der Waals surface area contributed by atoms with Crippen LogP contribution in [-0.2, 0) is 11.3 Å². The normalized spacial score (nSPS) is 10.8. The highest BCUT2D eigenvalue weighted by atomic mass is 32.1. The van der Waals surface area contributed by atoms with Crippen molar-refractivity contribution in [3.63, 3.8) is 0 Å². The van der Waals surface area contributed by atoms with Gasteiger partial charge in [0.15, 0.2) is 0 Å². The summed E-state index contributed by atoms with van der Waals surface area (Å²) in [5, 5.41) is 1.93. The molecule has 0 radical (unpaired) electrons. The Bertz CT molecular complexity index is 540. The van der Waals surface area contributed by atoms with Crippen molar-refractivity contribution in [2.45, 2.75) is 20.4 Å². The molecule has 0 aromatic carbocycles. The number of hydrogen-bond acceptors (Lipinski definition) is 3. The van der Waals surface area contributed by atoms with Crippen molar-refractivity contribution in [3.8, 4) is 0 Å². The van der Waals surface area contributed by atoms with Gasteiger partial charge >= 0.3 is 0 Å². The average molecular weight is 263 g/mol. The fraction of sp³-hybridized carbons (Fsp3) is 0.357. The summed E-state index contributed by atoms with van der Waals surface area (Å²) in [6.45, 7) is 5.45. The Hall–Kier alpha value is -1.39. The molecule has 18 heavy (non-hydrogen) atoms. The molecule has 0 saturated carbocycles. The van der Waals surface area contributed by atoms with Crippen molar-refractivity contribution in [3.05, 3.63) is 45.4 Å². The van der Waals surface area contributed by atoms with E-state index in [9.17, 15) is 4.79 Å². The van der Waals surface area contributed by atoms with Gasteiger partial charge in [0.25, 0.3) is 0 Å². The van der Waals surface area contributed by atoms with Gasteiger partial charge in [0, 0.05) is 30.6 Å². The number of rotatable bonds is 5. The Morgan fingerprint density at radius 1 is 1.44 bits per heavy atom. The fourth-order valence-corrected chi connectivity index (χ4v) is 2.78. The van der Waals surface area contributed by atoms with E-state index in [2.05, 4.69) is 4.57 Å². The van der Waals surface area contributed by atoms with Gasteiger partial charge in [-0.2, -0.15) is 0 Å². The van der Waals surface area contributed by atoms with Gasteiger partial charge in [-0.15, -0.1) is 11.3 Å². The van der Waals surface area contributed by atoms with E-state index in [1.54, 1.807) is 7.11 Å². The summed E-state index contributed by atoms with van der Waals surface area (Å²) < 4.78 is 7.22. The number of ketones is 1. The van der Waals surface area contributed by atoms with Crippen LogP contribution in [-0.4, -0.2) is 24.1 Å². The SMILES string of the molecule is COCCn1c(C)cc(C(=O)c2cccs2)c1C. The highest BCUT2D eigenvalue weighted by Gasteiger charge is 2.17. The summed E-state index contributed by atoms with van der Waals surface area (Å²) in [5.74, 6) is 0.113. The van der Waals surface area contributed by atoms with Gasteiger partial charge in [0.2, 0.25) is 5.78 Å². The van der Waals surface area contributed by atoms with Crippen molar-refractivity contribution in [2.24, 2.45) is 0 Å². The van der Waals surface area contributed by atoms with Crippen molar-refractivity contribution < 1.29 is 9.53 Å². The fourth-order valence-electron chi connectivity index (χ4n) is 2.10. The van der Waals surface area contributed by atoms with E-state index in [4.69, 9.17) is 4.74 Å². The van der Waals surface area contributed by atoms with Gasteiger partial charge < -0.3 is 9.30 Å². The van der Waals surface area contributed by atoms with E-state index >= 15 is 0 Å². The first-order chi connectivity index (χ1) is 8.65. The Kier molecular flexibility index (Phi) is 3.99.